The number of benzene rings is 4. The summed E-state index contributed by atoms with van der Waals surface area (Å²) >= 11 is 0. The monoisotopic (exact) mass is 1860 g/mol. The Morgan fingerprint density at radius 3 is 0.471 bits per heavy atom. The Balaban J connectivity index is 0.0000109. The molecule has 659 valence electrons. The van der Waals surface area contributed by atoms with Crippen LogP contribution in [0.4, 0.5) is 0 Å². The van der Waals surface area contributed by atoms with Crippen LogP contribution < -0.4 is 47.7 Å². The molecule has 41 heteroatoms. The van der Waals surface area contributed by atoms with Gasteiger partial charge in [0.05, 0.1) is 23.3 Å². The number of fused-ring (bicyclic) bond motifs is 20. The SMILES string of the molecule is O=S(=O)(NC1CCCCC1)c1cc2c(cc1S(=O)(=O)NC1CCCCC1)-c1nc-2nc2[n-]c(nc3nc(nc4[n-]c(n1)c1cc(S(=O)(=O)NC5CCCCC5)c(S(=O)(=O)NC5CCCCC5)cc41)-c1cc(S(=O)(=O)NC4CCCCC4)c(S(=O)(=O)NC4CCCCC4)cc1-3)c1cc(S(=O)(=O)NC3CCCCC3)c(S(=O)(=O)NC3CCCCC3)cc21.[Cu+2]. The Bertz CT molecular complexity index is 5580. The van der Waals surface area contributed by atoms with E-state index in [0.29, 0.717) is 205 Å². The number of sulfonamides is 8. The first kappa shape index (κ1) is 88.5. The molecule has 7 aromatic rings. The summed E-state index contributed by atoms with van der Waals surface area (Å²) < 4.78 is 271. The molecule has 8 aliphatic carbocycles. The van der Waals surface area contributed by atoms with Gasteiger partial charge in [0.1, 0.15) is 39.2 Å². The van der Waals surface area contributed by atoms with E-state index in [4.69, 9.17) is 39.9 Å². The van der Waals surface area contributed by atoms with E-state index in [1.165, 1.54) is 0 Å². The summed E-state index contributed by atoms with van der Waals surface area (Å²) in [6.45, 7) is 0. The molecule has 0 atom stereocenters. The maximum atomic E-state index is 15.5. The molecule has 1 radical (unpaired) electrons. The van der Waals surface area contributed by atoms with E-state index >= 15 is 67.3 Å². The van der Waals surface area contributed by atoms with Crippen molar-refractivity contribution < 1.29 is 84.4 Å². The second kappa shape index (κ2) is 35.7. The third kappa shape index (κ3) is 19.1. The van der Waals surface area contributed by atoms with E-state index in [0.717, 1.165) is 99.9 Å². The van der Waals surface area contributed by atoms with E-state index < -0.39 is 214 Å². The van der Waals surface area contributed by atoms with Crippen molar-refractivity contribution in [1.29, 1.82) is 0 Å². The minimum atomic E-state index is -4.86. The molecular formula is C80H104CuN16O16S8. The van der Waals surface area contributed by atoms with Gasteiger partial charge in [-0.1, -0.05) is 154 Å². The van der Waals surface area contributed by atoms with Crippen LogP contribution in [-0.4, -0.2) is 146 Å². The van der Waals surface area contributed by atoms with Crippen LogP contribution in [-0.2, 0) is 97.3 Å². The molecule has 2 aliphatic heterocycles. The molecule has 8 bridgehead atoms. The van der Waals surface area contributed by atoms with Crippen LogP contribution in [0.5, 0.6) is 0 Å². The maximum Gasteiger partial charge on any atom is 2.00 e. The van der Waals surface area contributed by atoms with Crippen molar-refractivity contribution in [2.24, 2.45) is 0 Å². The van der Waals surface area contributed by atoms with Gasteiger partial charge in [-0.15, -0.1) is 0 Å². The van der Waals surface area contributed by atoms with Crippen molar-refractivity contribution in [2.75, 3.05) is 0 Å². The van der Waals surface area contributed by atoms with Crippen LogP contribution in [0.2, 0.25) is 0 Å². The summed E-state index contributed by atoms with van der Waals surface area (Å²) in [6.07, 6.45) is 24.7. The smallest absolute Gasteiger partial charge is 0.357 e. The van der Waals surface area contributed by atoms with Gasteiger partial charge >= 0.3 is 17.1 Å². The Kier molecular flexibility index (Phi) is 26.1. The van der Waals surface area contributed by atoms with Gasteiger partial charge in [0.2, 0.25) is 80.2 Å². The zero-order chi connectivity index (χ0) is 83.7. The molecule has 121 heavy (non-hydrogen) atoms. The Morgan fingerprint density at radius 2 is 0.331 bits per heavy atom. The molecule has 0 amide bonds. The molecule has 4 aromatic carbocycles. The first-order valence-corrected chi connectivity index (χ1v) is 54.8. The number of rotatable bonds is 24. The van der Waals surface area contributed by atoms with E-state index in [2.05, 4.69) is 37.8 Å². The van der Waals surface area contributed by atoms with Gasteiger partial charge < -0.3 is 29.9 Å². The summed E-state index contributed by atoms with van der Waals surface area (Å²) in [4.78, 5) is 34.7. The summed E-state index contributed by atoms with van der Waals surface area (Å²) in [5.41, 5.74) is -2.48. The van der Waals surface area contributed by atoms with Gasteiger partial charge in [-0.05, 0) is 173 Å². The topological polar surface area (TPSA) is 475 Å². The average Bonchev–Trinajstić information content (AvgIpc) is 1.60. The van der Waals surface area contributed by atoms with E-state index in [1.54, 1.807) is 0 Å². The minimum Gasteiger partial charge on any atom is -0.357 e. The van der Waals surface area contributed by atoms with Gasteiger partial charge in [0.25, 0.3) is 0 Å². The molecule has 5 heterocycles. The van der Waals surface area contributed by atoms with Crippen LogP contribution in [0.25, 0.3) is 89.7 Å². The Hall–Kier alpha value is -5.96. The largest absolute Gasteiger partial charge is 2.00 e. The van der Waals surface area contributed by atoms with E-state index in [9.17, 15) is 0 Å². The van der Waals surface area contributed by atoms with Crippen molar-refractivity contribution in [1.82, 2.24) is 77.6 Å². The molecule has 10 aliphatic rings. The molecule has 3 aromatic heterocycles. The number of nitrogens with zero attached hydrogens (tertiary/aromatic N) is 8. The molecule has 8 N–H and O–H groups in total. The zero-order valence-electron chi connectivity index (χ0n) is 67.2. The number of nitrogens with one attached hydrogen (secondary N) is 8. The summed E-state index contributed by atoms with van der Waals surface area (Å²) in [5, 5.41) is -0.755. The van der Waals surface area contributed by atoms with Crippen molar-refractivity contribution in [3.8, 4) is 45.6 Å². The predicted molar refractivity (Wildman–Crippen MR) is 452 cm³/mol. The van der Waals surface area contributed by atoms with Crippen molar-refractivity contribution >= 4 is 124 Å². The van der Waals surface area contributed by atoms with E-state index in [1.807, 2.05) is 0 Å². The molecule has 8 fully saturated rings. The Morgan fingerprint density at radius 1 is 0.198 bits per heavy atom. The number of hydrogen-bond acceptors (Lipinski definition) is 22. The predicted octanol–water partition coefficient (Wildman–Crippen LogP) is 11.0. The standard InChI is InChI=1S/C80H104N16O16S8.Cu/c97-113(98,89-49-25-9-1-10-26-49)65-41-57-58(42-66(65)114(99,100)90-50-27-11-2-12-28-50)74-81-73(57)85-75-59-43-67(115(101,102)91-51-29-13-3-14-30-51)68(116(103,104)92-52-31-15-4-16-32-52)44-60(59)77(82-75)87-79-63-47-71(119(109,110)95-55-37-21-7-22-38-55)72(120(111,112)96-56-39-23-8-24-40-56)48-64(63)80(84-79)88-78-62-46-70(118(107,108)94-54-35-19-6-20-36-54)69(45-61(62)76(83-78)86-74)117(105,106)93-53-33-17-5-18-34-53;/h41-56,89-96H,1-40H2;/q-2;+2. The van der Waals surface area contributed by atoms with Gasteiger partial charge in [-0.2, -0.15) is 0 Å². The molecule has 32 nitrogen and oxygen atoms in total. The fourth-order valence-corrected chi connectivity index (χ4v) is 33.2. The zero-order valence-corrected chi connectivity index (χ0v) is 74.7. The quantitative estimate of drug-likeness (QED) is 0.0260. The summed E-state index contributed by atoms with van der Waals surface area (Å²) in [6, 6.07) is 3.92. The third-order valence-electron chi connectivity index (χ3n) is 25.7. The second-order valence-electron chi connectivity index (χ2n) is 34.5. The number of aromatic nitrogens is 8. The normalized spacial score (nSPS) is 20.4. The molecule has 0 spiro atoms. The van der Waals surface area contributed by atoms with Crippen LogP contribution in [0.3, 0.4) is 0 Å². The number of hydrogen-bond donors (Lipinski definition) is 8. The fraction of sp³-hybridized carbons (Fsp3) is 0.600. The first-order chi connectivity index (χ1) is 57.3. The van der Waals surface area contributed by atoms with Crippen molar-refractivity contribution in [3.05, 3.63) is 48.5 Å². The Labute approximate surface area is 719 Å². The molecule has 8 saturated carbocycles. The van der Waals surface area contributed by atoms with Crippen LogP contribution in [0, 0.1) is 0 Å². The van der Waals surface area contributed by atoms with Gasteiger partial charge in [-0.3, -0.25) is 0 Å². The molecular weight excluding hydrogens is 1760 g/mol. The molecule has 0 unspecified atom stereocenters. The third-order valence-corrected chi connectivity index (χ3v) is 38.7. The maximum absolute atomic E-state index is 15.5. The van der Waals surface area contributed by atoms with Crippen LogP contribution >= 0.6 is 0 Å². The first-order valence-electron chi connectivity index (χ1n) is 43.0. The van der Waals surface area contributed by atoms with Gasteiger partial charge in [0.15, 0.2) is 0 Å². The van der Waals surface area contributed by atoms with Crippen LogP contribution in [0.15, 0.2) is 87.7 Å². The van der Waals surface area contributed by atoms with Gasteiger partial charge in [0, 0.05) is 93.2 Å². The van der Waals surface area contributed by atoms with Crippen molar-refractivity contribution in [3.63, 3.8) is 0 Å². The molecule has 0 saturated heterocycles. The second-order valence-corrected chi connectivity index (χ2v) is 48.0. The molecule has 17 rings (SSSR count). The van der Waals surface area contributed by atoms with Gasteiger partial charge in [-0.25, -0.2) is 115 Å². The summed E-state index contributed by atoms with van der Waals surface area (Å²) in [5.74, 6) is -1.73. The summed E-state index contributed by atoms with van der Waals surface area (Å²) in [7, 11) is -38.9. The average molecular weight is 1870 g/mol. The van der Waals surface area contributed by atoms with Crippen molar-refractivity contribution in [2.45, 2.75) is 344 Å². The van der Waals surface area contributed by atoms with E-state index in [-0.39, 0.29) is 60.9 Å². The van der Waals surface area contributed by atoms with Crippen LogP contribution in [0.1, 0.15) is 257 Å². The fourth-order valence-electron chi connectivity index (χ4n) is 19.4. The minimum absolute atomic E-state index is 0.